The zero-order chi connectivity index (χ0) is 19.2. The van der Waals surface area contributed by atoms with E-state index in [0.29, 0.717) is 13.1 Å². The Kier molecular flexibility index (Phi) is 6.12. The van der Waals surface area contributed by atoms with Gasteiger partial charge in [-0.2, -0.15) is 0 Å². The van der Waals surface area contributed by atoms with Crippen LogP contribution in [0.1, 0.15) is 30.4 Å². The lowest BCUT2D eigenvalue weighted by atomic mass is 10.1. The maximum Gasteiger partial charge on any atom is 0.233 e. The number of rotatable bonds is 5. The van der Waals surface area contributed by atoms with E-state index >= 15 is 0 Å². The lowest BCUT2D eigenvalue weighted by molar-refractivity contribution is -0.136. The molecule has 0 bridgehead atoms. The van der Waals surface area contributed by atoms with Crippen molar-refractivity contribution in [3.63, 3.8) is 0 Å². The van der Waals surface area contributed by atoms with Crippen molar-refractivity contribution in [2.75, 3.05) is 18.4 Å². The summed E-state index contributed by atoms with van der Waals surface area (Å²) in [4.78, 5) is 26.4. The third-order valence-electron chi connectivity index (χ3n) is 4.91. The van der Waals surface area contributed by atoms with Gasteiger partial charge in [0.15, 0.2) is 0 Å². The van der Waals surface area contributed by atoms with Crippen LogP contribution >= 0.6 is 0 Å². The van der Waals surface area contributed by atoms with Crippen LogP contribution in [0, 0.1) is 13.8 Å². The summed E-state index contributed by atoms with van der Waals surface area (Å²) in [6.07, 6.45) is 1.53. The molecule has 1 heterocycles. The summed E-state index contributed by atoms with van der Waals surface area (Å²) < 4.78 is 6.07. The number of hydrogen-bond donors (Lipinski definition) is 1. The van der Waals surface area contributed by atoms with E-state index in [4.69, 9.17) is 4.74 Å². The van der Waals surface area contributed by atoms with Crippen LogP contribution in [-0.4, -0.2) is 35.9 Å². The molecule has 0 unspecified atom stereocenters. The molecule has 27 heavy (non-hydrogen) atoms. The van der Waals surface area contributed by atoms with E-state index in [1.807, 2.05) is 62.4 Å². The quantitative estimate of drug-likeness (QED) is 0.821. The molecule has 1 saturated heterocycles. The van der Waals surface area contributed by atoms with E-state index < -0.39 is 0 Å². The minimum atomic E-state index is -0.271. The highest BCUT2D eigenvalue weighted by Crippen LogP contribution is 2.22. The van der Waals surface area contributed by atoms with Gasteiger partial charge in [0, 0.05) is 31.6 Å². The maximum absolute atomic E-state index is 12.4. The van der Waals surface area contributed by atoms with E-state index in [-0.39, 0.29) is 24.3 Å². The van der Waals surface area contributed by atoms with Crippen LogP contribution in [0.15, 0.2) is 48.5 Å². The van der Waals surface area contributed by atoms with Gasteiger partial charge in [0.25, 0.3) is 0 Å². The molecule has 5 nitrogen and oxygen atoms in total. The Morgan fingerprint density at radius 3 is 2.30 bits per heavy atom. The first-order valence-electron chi connectivity index (χ1n) is 9.38. The molecule has 142 valence electrons. The number of nitrogens with one attached hydrogen (secondary N) is 1. The third kappa shape index (κ3) is 5.09. The molecule has 0 radical (unpaired) electrons. The van der Waals surface area contributed by atoms with Crippen molar-refractivity contribution in [1.29, 1.82) is 0 Å². The normalized spacial score (nSPS) is 14.7. The third-order valence-corrected chi connectivity index (χ3v) is 4.91. The van der Waals surface area contributed by atoms with Crippen molar-refractivity contribution in [3.05, 3.63) is 59.7 Å². The number of hydrogen-bond acceptors (Lipinski definition) is 3. The predicted molar refractivity (Wildman–Crippen MR) is 106 cm³/mol. The lowest BCUT2D eigenvalue weighted by Gasteiger charge is -2.32. The number of piperidine rings is 1. The maximum atomic E-state index is 12.4. The SMILES string of the molecule is Cc1ccccc1NC(=O)CC(=O)N1CCC(Oc2ccccc2C)CC1. The second kappa shape index (κ2) is 8.71. The number of aryl methyl sites for hydroxylation is 2. The molecule has 5 heteroatoms. The summed E-state index contributed by atoms with van der Waals surface area (Å²) in [6, 6.07) is 15.5. The van der Waals surface area contributed by atoms with Crippen molar-refractivity contribution in [2.24, 2.45) is 0 Å². The number of anilines is 1. The summed E-state index contributed by atoms with van der Waals surface area (Å²) >= 11 is 0. The molecule has 2 aromatic carbocycles. The van der Waals surface area contributed by atoms with Gasteiger partial charge in [-0.1, -0.05) is 36.4 Å². The number of likely N-dealkylation sites (tertiary alicyclic amines) is 1. The number of nitrogens with zero attached hydrogens (tertiary/aromatic N) is 1. The van der Waals surface area contributed by atoms with Crippen molar-refractivity contribution < 1.29 is 14.3 Å². The highest BCUT2D eigenvalue weighted by Gasteiger charge is 2.25. The van der Waals surface area contributed by atoms with E-state index in [0.717, 1.165) is 35.4 Å². The fraction of sp³-hybridized carbons (Fsp3) is 0.364. The van der Waals surface area contributed by atoms with Crippen LogP contribution in [0.25, 0.3) is 0 Å². The van der Waals surface area contributed by atoms with Gasteiger partial charge in [-0.25, -0.2) is 0 Å². The summed E-state index contributed by atoms with van der Waals surface area (Å²) in [5, 5.41) is 2.82. The Balaban J connectivity index is 1.46. The smallest absolute Gasteiger partial charge is 0.233 e. The van der Waals surface area contributed by atoms with Gasteiger partial charge in [-0.3, -0.25) is 9.59 Å². The zero-order valence-corrected chi connectivity index (χ0v) is 15.9. The average Bonchev–Trinajstić information content (AvgIpc) is 2.66. The Bertz CT molecular complexity index is 811. The van der Waals surface area contributed by atoms with Crippen LogP contribution in [0.4, 0.5) is 5.69 Å². The second-order valence-electron chi connectivity index (χ2n) is 7.00. The van der Waals surface area contributed by atoms with Crippen LogP contribution < -0.4 is 10.1 Å². The van der Waals surface area contributed by atoms with Gasteiger partial charge >= 0.3 is 0 Å². The molecule has 3 rings (SSSR count). The van der Waals surface area contributed by atoms with Gasteiger partial charge in [0.2, 0.25) is 11.8 Å². The fourth-order valence-electron chi connectivity index (χ4n) is 3.25. The number of benzene rings is 2. The van der Waals surface area contributed by atoms with Crippen LogP contribution in [0.5, 0.6) is 5.75 Å². The largest absolute Gasteiger partial charge is 0.490 e. The molecule has 1 N–H and O–H groups in total. The highest BCUT2D eigenvalue weighted by atomic mass is 16.5. The number of para-hydroxylation sites is 2. The Morgan fingerprint density at radius 2 is 1.63 bits per heavy atom. The molecule has 1 aliphatic heterocycles. The minimum absolute atomic E-state index is 0.107. The standard InChI is InChI=1S/C22H26N2O3/c1-16-7-3-5-9-19(16)23-21(25)15-22(26)24-13-11-18(12-14-24)27-20-10-6-4-8-17(20)2/h3-10,18H,11-15H2,1-2H3,(H,23,25). The zero-order valence-electron chi connectivity index (χ0n) is 15.9. The van der Waals surface area contributed by atoms with Gasteiger partial charge in [0.1, 0.15) is 18.3 Å². The van der Waals surface area contributed by atoms with Crippen LogP contribution in [-0.2, 0) is 9.59 Å². The summed E-state index contributed by atoms with van der Waals surface area (Å²) in [5.41, 5.74) is 2.84. The molecular weight excluding hydrogens is 340 g/mol. The first kappa shape index (κ1) is 19.0. The van der Waals surface area contributed by atoms with Crippen molar-refractivity contribution >= 4 is 17.5 Å². The molecule has 2 amide bonds. The number of ether oxygens (including phenoxy) is 1. The Hall–Kier alpha value is -2.82. The molecule has 1 fully saturated rings. The highest BCUT2D eigenvalue weighted by molar-refractivity contribution is 6.03. The summed E-state index contributed by atoms with van der Waals surface area (Å²) in [7, 11) is 0. The molecule has 1 aliphatic rings. The molecular formula is C22H26N2O3. The van der Waals surface area contributed by atoms with E-state index in [1.54, 1.807) is 4.90 Å². The molecule has 0 saturated carbocycles. The molecule has 2 aromatic rings. The second-order valence-corrected chi connectivity index (χ2v) is 7.00. The number of amides is 2. The van der Waals surface area contributed by atoms with Crippen LogP contribution in [0.2, 0.25) is 0 Å². The first-order chi connectivity index (χ1) is 13.0. The average molecular weight is 366 g/mol. The van der Waals surface area contributed by atoms with Gasteiger partial charge in [-0.15, -0.1) is 0 Å². The number of carbonyl (C=O) groups is 2. The topological polar surface area (TPSA) is 58.6 Å². The molecule has 0 spiro atoms. The molecule has 0 aromatic heterocycles. The first-order valence-corrected chi connectivity index (χ1v) is 9.38. The predicted octanol–water partition coefficient (Wildman–Crippen LogP) is 3.70. The van der Waals surface area contributed by atoms with Crippen molar-refractivity contribution in [3.8, 4) is 5.75 Å². The monoisotopic (exact) mass is 366 g/mol. The van der Waals surface area contributed by atoms with E-state index in [9.17, 15) is 9.59 Å². The van der Waals surface area contributed by atoms with E-state index in [1.165, 1.54) is 0 Å². The van der Waals surface area contributed by atoms with Crippen molar-refractivity contribution in [2.45, 2.75) is 39.2 Å². The minimum Gasteiger partial charge on any atom is -0.490 e. The Morgan fingerprint density at radius 1 is 1.00 bits per heavy atom. The Labute approximate surface area is 160 Å². The fourth-order valence-corrected chi connectivity index (χ4v) is 3.25. The summed E-state index contributed by atoms with van der Waals surface area (Å²) in [6.45, 7) is 5.19. The van der Waals surface area contributed by atoms with Gasteiger partial charge < -0.3 is 15.0 Å². The van der Waals surface area contributed by atoms with Crippen molar-refractivity contribution in [1.82, 2.24) is 4.90 Å². The molecule has 0 atom stereocenters. The van der Waals surface area contributed by atoms with Gasteiger partial charge in [-0.05, 0) is 37.1 Å². The van der Waals surface area contributed by atoms with Crippen LogP contribution in [0.3, 0.4) is 0 Å². The van der Waals surface area contributed by atoms with Gasteiger partial charge in [0.05, 0.1) is 0 Å². The number of carbonyl (C=O) groups excluding carboxylic acids is 2. The molecule has 0 aliphatic carbocycles. The lowest BCUT2D eigenvalue weighted by Crippen LogP contribution is -2.42. The van der Waals surface area contributed by atoms with E-state index in [2.05, 4.69) is 5.32 Å². The summed E-state index contributed by atoms with van der Waals surface area (Å²) in [5.74, 6) is 0.503.